The summed E-state index contributed by atoms with van der Waals surface area (Å²) in [5.74, 6) is 1.08. The molecule has 4 nitrogen and oxygen atoms in total. The van der Waals surface area contributed by atoms with E-state index in [1.165, 1.54) is 31.2 Å². The molecule has 1 aromatic heterocycles. The summed E-state index contributed by atoms with van der Waals surface area (Å²) in [7, 11) is 0. The molecule has 0 unspecified atom stereocenters. The molecule has 1 aromatic rings. The maximum atomic E-state index is 12.2. The molecule has 2 aliphatic rings. The Morgan fingerprint density at radius 3 is 2.64 bits per heavy atom. The number of likely N-dealkylation sites (tertiary alicyclic amines) is 2. The lowest BCUT2D eigenvalue weighted by molar-refractivity contribution is -0.131. The van der Waals surface area contributed by atoms with Gasteiger partial charge in [0.1, 0.15) is 0 Å². The van der Waals surface area contributed by atoms with E-state index in [1.54, 1.807) is 0 Å². The number of pyridine rings is 1. The quantitative estimate of drug-likeness (QED) is 0.856. The second-order valence-electron chi connectivity index (χ2n) is 6.82. The molecule has 1 amide bonds. The lowest BCUT2D eigenvalue weighted by Crippen LogP contribution is -2.42. The summed E-state index contributed by atoms with van der Waals surface area (Å²) >= 11 is 0. The van der Waals surface area contributed by atoms with Crippen LogP contribution in [0.5, 0.6) is 0 Å². The van der Waals surface area contributed by atoms with Crippen LogP contribution in [0.25, 0.3) is 0 Å². The highest BCUT2D eigenvalue weighted by atomic mass is 16.2. The van der Waals surface area contributed by atoms with E-state index >= 15 is 0 Å². The zero-order chi connectivity index (χ0) is 15.4. The number of amides is 1. The van der Waals surface area contributed by atoms with Gasteiger partial charge in [-0.2, -0.15) is 0 Å². The van der Waals surface area contributed by atoms with E-state index in [9.17, 15) is 4.79 Å². The van der Waals surface area contributed by atoms with Gasteiger partial charge in [-0.05, 0) is 75.7 Å². The van der Waals surface area contributed by atoms with Crippen molar-refractivity contribution in [1.82, 2.24) is 14.8 Å². The minimum atomic E-state index is 0.334. The molecule has 0 aromatic carbocycles. The van der Waals surface area contributed by atoms with Crippen molar-refractivity contribution >= 4 is 5.91 Å². The molecule has 0 radical (unpaired) electrons. The lowest BCUT2D eigenvalue weighted by Gasteiger charge is -2.32. The molecule has 120 valence electrons. The van der Waals surface area contributed by atoms with Crippen molar-refractivity contribution < 1.29 is 4.79 Å². The molecule has 3 rings (SSSR count). The fourth-order valence-corrected chi connectivity index (χ4v) is 3.67. The summed E-state index contributed by atoms with van der Waals surface area (Å²) in [6.07, 6.45) is 7.83. The topological polar surface area (TPSA) is 36.4 Å². The second kappa shape index (κ2) is 7.23. The van der Waals surface area contributed by atoms with Crippen LogP contribution in [0.3, 0.4) is 0 Å². The third kappa shape index (κ3) is 4.07. The highest BCUT2D eigenvalue weighted by Gasteiger charge is 2.24. The molecule has 0 aliphatic carbocycles. The second-order valence-corrected chi connectivity index (χ2v) is 6.82. The number of rotatable bonds is 4. The number of piperidine rings is 1. The van der Waals surface area contributed by atoms with Gasteiger partial charge in [-0.15, -0.1) is 0 Å². The van der Waals surface area contributed by atoms with Crippen LogP contribution in [-0.2, 0) is 11.2 Å². The maximum Gasteiger partial charge on any atom is 0.236 e. The molecule has 0 atom stereocenters. The highest BCUT2D eigenvalue weighted by Crippen LogP contribution is 2.22. The van der Waals surface area contributed by atoms with E-state index < -0.39 is 0 Å². The molecule has 2 saturated heterocycles. The van der Waals surface area contributed by atoms with Crippen LogP contribution < -0.4 is 0 Å². The van der Waals surface area contributed by atoms with E-state index in [1.807, 2.05) is 11.1 Å². The lowest BCUT2D eigenvalue weighted by atomic mass is 9.90. The van der Waals surface area contributed by atoms with Gasteiger partial charge in [0.15, 0.2) is 0 Å². The highest BCUT2D eigenvalue weighted by molar-refractivity contribution is 5.78. The summed E-state index contributed by atoms with van der Waals surface area (Å²) < 4.78 is 0. The van der Waals surface area contributed by atoms with E-state index in [-0.39, 0.29) is 0 Å². The summed E-state index contributed by atoms with van der Waals surface area (Å²) in [5, 5.41) is 0. The van der Waals surface area contributed by atoms with Crippen molar-refractivity contribution in [3.8, 4) is 0 Å². The average Bonchev–Trinajstić information content (AvgIpc) is 3.04. The van der Waals surface area contributed by atoms with Gasteiger partial charge in [0.05, 0.1) is 6.54 Å². The maximum absolute atomic E-state index is 12.2. The number of carbonyl (C=O) groups is 1. The largest absolute Gasteiger partial charge is 0.342 e. The van der Waals surface area contributed by atoms with Crippen LogP contribution in [0.15, 0.2) is 18.3 Å². The Morgan fingerprint density at radius 2 is 1.95 bits per heavy atom. The van der Waals surface area contributed by atoms with Gasteiger partial charge in [-0.25, -0.2) is 0 Å². The van der Waals surface area contributed by atoms with Crippen LogP contribution >= 0.6 is 0 Å². The van der Waals surface area contributed by atoms with Gasteiger partial charge in [0, 0.05) is 25.0 Å². The van der Waals surface area contributed by atoms with Crippen LogP contribution in [0.1, 0.15) is 36.9 Å². The van der Waals surface area contributed by atoms with Gasteiger partial charge in [0.2, 0.25) is 5.91 Å². The van der Waals surface area contributed by atoms with Crippen molar-refractivity contribution in [2.75, 3.05) is 32.7 Å². The van der Waals surface area contributed by atoms with E-state index in [0.717, 1.165) is 44.2 Å². The van der Waals surface area contributed by atoms with Crippen molar-refractivity contribution in [2.45, 2.75) is 39.0 Å². The number of hydrogen-bond acceptors (Lipinski definition) is 3. The number of carbonyl (C=O) groups excluding carboxylic acids is 1. The van der Waals surface area contributed by atoms with E-state index in [4.69, 9.17) is 0 Å². The minimum Gasteiger partial charge on any atom is -0.342 e. The Hall–Kier alpha value is -1.42. The summed E-state index contributed by atoms with van der Waals surface area (Å²) in [6.45, 7) is 6.74. The number of aromatic nitrogens is 1. The Labute approximate surface area is 133 Å². The fraction of sp³-hybridized carbons (Fsp3) is 0.667. The fourth-order valence-electron chi connectivity index (χ4n) is 3.67. The van der Waals surface area contributed by atoms with Crippen molar-refractivity contribution in [3.05, 3.63) is 29.6 Å². The third-order valence-corrected chi connectivity index (χ3v) is 5.01. The van der Waals surface area contributed by atoms with Gasteiger partial charge >= 0.3 is 0 Å². The van der Waals surface area contributed by atoms with Gasteiger partial charge in [-0.1, -0.05) is 0 Å². The zero-order valence-electron chi connectivity index (χ0n) is 13.6. The summed E-state index contributed by atoms with van der Waals surface area (Å²) in [4.78, 5) is 20.8. The molecular formula is C18H27N3O. The number of aryl methyl sites for hydroxylation is 1. The summed E-state index contributed by atoms with van der Waals surface area (Å²) in [5.41, 5.74) is 2.50. The zero-order valence-corrected chi connectivity index (χ0v) is 13.6. The molecule has 0 spiro atoms. The monoisotopic (exact) mass is 301 g/mol. The molecular weight excluding hydrogens is 274 g/mol. The Bertz CT molecular complexity index is 503. The summed E-state index contributed by atoms with van der Waals surface area (Å²) in [6, 6.07) is 4.33. The Kier molecular flexibility index (Phi) is 5.08. The smallest absolute Gasteiger partial charge is 0.236 e. The van der Waals surface area contributed by atoms with Crippen LogP contribution in [0.4, 0.5) is 0 Å². The molecule has 0 saturated carbocycles. The first-order chi connectivity index (χ1) is 10.7. The van der Waals surface area contributed by atoms with Crippen molar-refractivity contribution in [1.29, 1.82) is 0 Å². The van der Waals surface area contributed by atoms with Crippen molar-refractivity contribution in [3.63, 3.8) is 0 Å². The molecule has 22 heavy (non-hydrogen) atoms. The van der Waals surface area contributed by atoms with Crippen LogP contribution in [-0.4, -0.2) is 53.4 Å². The SMILES string of the molecule is Cc1cc(CC2CCN(CC(=O)N3CCCC3)CC2)ccn1. The Morgan fingerprint density at radius 1 is 1.23 bits per heavy atom. The predicted molar refractivity (Wildman–Crippen MR) is 87.7 cm³/mol. The standard InChI is InChI=1S/C18H27N3O/c1-15-12-17(4-7-19-15)13-16-5-10-20(11-6-16)14-18(22)21-8-2-3-9-21/h4,7,12,16H,2-3,5-6,8-11,13-14H2,1H3. The van der Waals surface area contributed by atoms with Gasteiger partial charge in [0.25, 0.3) is 0 Å². The first kappa shape index (κ1) is 15.5. The minimum absolute atomic E-state index is 0.334. The first-order valence-electron chi connectivity index (χ1n) is 8.62. The van der Waals surface area contributed by atoms with Gasteiger partial charge < -0.3 is 4.90 Å². The first-order valence-corrected chi connectivity index (χ1v) is 8.62. The number of hydrogen-bond donors (Lipinski definition) is 0. The Balaban J connectivity index is 1.43. The molecule has 2 aliphatic heterocycles. The molecule has 3 heterocycles. The van der Waals surface area contributed by atoms with Crippen molar-refractivity contribution in [2.24, 2.45) is 5.92 Å². The van der Waals surface area contributed by atoms with Crippen LogP contribution in [0, 0.1) is 12.8 Å². The average molecular weight is 301 g/mol. The molecule has 4 heteroatoms. The van der Waals surface area contributed by atoms with E-state index in [0.29, 0.717) is 12.5 Å². The molecule has 2 fully saturated rings. The molecule has 0 bridgehead atoms. The molecule has 0 N–H and O–H groups in total. The normalized spacial score (nSPS) is 20.5. The number of nitrogens with zero attached hydrogens (tertiary/aromatic N) is 3. The van der Waals surface area contributed by atoms with Crippen LogP contribution in [0.2, 0.25) is 0 Å². The van der Waals surface area contributed by atoms with Gasteiger partial charge in [-0.3, -0.25) is 14.7 Å². The van der Waals surface area contributed by atoms with E-state index in [2.05, 4.69) is 28.9 Å². The predicted octanol–water partition coefficient (Wildman–Crippen LogP) is 2.27. The third-order valence-electron chi connectivity index (χ3n) is 5.01.